The van der Waals surface area contributed by atoms with Gasteiger partial charge in [-0.15, -0.1) is 10.2 Å². The van der Waals surface area contributed by atoms with Crippen LogP contribution in [0.5, 0.6) is 0 Å². The zero-order valence-corrected chi connectivity index (χ0v) is 14.8. The Morgan fingerprint density at radius 3 is 2.54 bits per heavy atom. The molecule has 0 spiro atoms. The molecule has 1 amide bonds. The monoisotopic (exact) mass is 391 g/mol. The lowest BCUT2D eigenvalue weighted by Crippen LogP contribution is -2.16. The van der Waals surface area contributed by atoms with Crippen LogP contribution in [0, 0.1) is 6.92 Å². The van der Waals surface area contributed by atoms with Crippen LogP contribution in [0.1, 0.15) is 21.5 Å². The number of halogens is 3. The summed E-state index contributed by atoms with van der Waals surface area (Å²) in [6, 6.07) is 11.5. The number of anilines is 1. The third kappa shape index (κ3) is 5.17. The van der Waals surface area contributed by atoms with Crippen LogP contribution >= 0.6 is 0 Å². The minimum absolute atomic E-state index is 0.183. The molecule has 6 nitrogen and oxygen atoms in total. The molecule has 0 radical (unpaired) electrons. The van der Waals surface area contributed by atoms with E-state index in [0.29, 0.717) is 22.7 Å². The molecular weight excluding hydrogens is 375 g/mol. The molecule has 3 aromatic rings. The summed E-state index contributed by atoms with van der Waals surface area (Å²) in [6.07, 6.45) is -3.13. The van der Waals surface area contributed by atoms with Gasteiger partial charge in [0, 0.05) is 16.8 Å². The fourth-order valence-electron chi connectivity index (χ4n) is 2.47. The Morgan fingerprint density at radius 2 is 1.93 bits per heavy atom. The zero-order chi connectivity index (χ0) is 20.1. The summed E-state index contributed by atoms with van der Waals surface area (Å²) in [5.41, 5.74) is 3.07. The standard InChI is InChI=1S/C19H16F3N3O3/c1-12-8-15(18-25-23-11-28-18)6-7-16(12)24-17(26)14-4-2-13(3-5-14)9-27-10-19(20,21)22/h2-8,11H,9-10H2,1H3,(H,24,26). The van der Waals surface area contributed by atoms with Crippen molar-refractivity contribution in [1.29, 1.82) is 0 Å². The second-order valence-corrected chi connectivity index (χ2v) is 6.03. The van der Waals surface area contributed by atoms with Crippen molar-refractivity contribution in [2.45, 2.75) is 19.7 Å². The van der Waals surface area contributed by atoms with Gasteiger partial charge in [-0.2, -0.15) is 13.2 Å². The maximum Gasteiger partial charge on any atom is 0.411 e. The third-order valence-corrected chi connectivity index (χ3v) is 3.83. The first-order valence-corrected chi connectivity index (χ1v) is 8.24. The van der Waals surface area contributed by atoms with Gasteiger partial charge in [-0.25, -0.2) is 0 Å². The molecule has 146 valence electrons. The number of amides is 1. The SMILES string of the molecule is Cc1cc(-c2nnco2)ccc1NC(=O)c1ccc(COCC(F)(F)F)cc1. The summed E-state index contributed by atoms with van der Waals surface area (Å²) in [4.78, 5) is 12.4. The number of nitrogens with zero attached hydrogens (tertiary/aromatic N) is 2. The quantitative estimate of drug-likeness (QED) is 0.675. The molecule has 0 fully saturated rings. The number of carbonyl (C=O) groups is 1. The van der Waals surface area contributed by atoms with Crippen molar-refractivity contribution in [3.8, 4) is 11.5 Å². The molecule has 1 heterocycles. The lowest BCUT2D eigenvalue weighted by atomic mass is 10.1. The fraction of sp³-hybridized carbons (Fsp3) is 0.211. The Balaban J connectivity index is 1.61. The van der Waals surface area contributed by atoms with Crippen molar-refractivity contribution in [2.75, 3.05) is 11.9 Å². The average molecular weight is 391 g/mol. The maximum absolute atomic E-state index is 12.4. The number of nitrogens with one attached hydrogen (secondary N) is 1. The van der Waals surface area contributed by atoms with Gasteiger partial charge in [0.25, 0.3) is 5.91 Å². The van der Waals surface area contributed by atoms with Crippen molar-refractivity contribution < 1.29 is 27.1 Å². The predicted molar refractivity (Wildman–Crippen MR) is 94.6 cm³/mol. The van der Waals surface area contributed by atoms with Crippen LogP contribution in [-0.4, -0.2) is 28.9 Å². The van der Waals surface area contributed by atoms with Crippen molar-refractivity contribution in [2.24, 2.45) is 0 Å². The van der Waals surface area contributed by atoms with E-state index in [9.17, 15) is 18.0 Å². The Hall–Kier alpha value is -3.20. The van der Waals surface area contributed by atoms with Gasteiger partial charge in [0.1, 0.15) is 6.61 Å². The summed E-state index contributed by atoms with van der Waals surface area (Å²) < 4.78 is 46.0. The molecule has 0 aliphatic heterocycles. The van der Waals surface area contributed by atoms with Crippen LogP contribution in [-0.2, 0) is 11.3 Å². The predicted octanol–water partition coefficient (Wildman–Crippen LogP) is 4.38. The van der Waals surface area contributed by atoms with E-state index in [-0.39, 0.29) is 12.5 Å². The van der Waals surface area contributed by atoms with E-state index in [1.165, 1.54) is 18.5 Å². The number of rotatable bonds is 6. The van der Waals surface area contributed by atoms with Gasteiger partial charge in [-0.05, 0) is 48.4 Å². The highest BCUT2D eigenvalue weighted by molar-refractivity contribution is 6.04. The summed E-state index contributed by atoms with van der Waals surface area (Å²) in [5, 5.41) is 10.3. The van der Waals surface area contributed by atoms with Crippen molar-refractivity contribution in [1.82, 2.24) is 10.2 Å². The second-order valence-electron chi connectivity index (χ2n) is 6.03. The molecular formula is C19H16F3N3O3. The zero-order valence-electron chi connectivity index (χ0n) is 14.8. The highest BCUT2D eigenvalue weighted by Gasteiger charge is 2.27. The lowest BCUT2D eigenvalue weighted by Gasteiger charge is -2.10. The number of carbonyl (C=O) groups excluding carboxylic acids is 1. The number of aryl methyl sites for hydroxylation is 1. The summed E-state index contributed by atoms with van der Waals surface area (Å²) in [7, 11) is 0. The highest BCUT2D eigenvalue weighted by atomic mass is 19.4. The molecule has 0 aliphatic rings. The molecule has 0 bridgehead atoms. The first kappa shape index (κ1) is 19.6. The van der Waals surface area contributed by atoms with Crippen LogP contribution in [0.2, 0.25) is 0 Å². The van der Waals surface area contributed by atoms with Gasteiger partial charge < -0.3 is 14.5 Å². The Morgan fingerprint density at radius 1 is 1.18 bits per heavy atom. The third-order valence-electron chi connectivity index (χ3n) is 3.83. The molecule has 0 aliphatic carbocycles. The molecule has 1 aromatic heterocycles. The number of aromatic nitrogens is 2. The Bertz CT molecular complexity index is 939. The molecule has 3 rings (SSSR count). The van der Waals surface area contributed by atoms with Gasteiger partial charge in [0.05, 0.1) is 6.61 Å². The molecule has 0 saturated heterocycles. The first-order valence-electron chi connectivity index (χ1n) is 8.24. The van der Waals surface area contributed by atoms with E-state index in [2.05, 4.69) is 20.3 Å². The van der Waals surface area contributed by atoms with Gasteiger partial charge in [-0.3, -0.25) is 4.79 Å². The minimum Gasteiger partial charge on any atom is -0.423 e. The normalized spacial score (nSPS) is 11.4. The van der Waals surface area contributed by atoms with Crippen LogP contribution in [0.25, 0.3) is 11.5 Å². The number of alkyl halides is 3. The van der Waals surface area contributed by atoms with Gasteiger partial charge >= 0.3 is 6.18 Å². The molecule has 1 N–H and O–H groups in total. The van der Waals surface area contributed by atoms with Gasteiger partial charge in [0.15, 0.2) is 0 Å². The van der Waals surface area contributed by atoms with E-state index in [0.717, 1.165) is 11.1 Å². The second kappa shape index (κ2) is 8.22. The molecule has 9 heteroatoms. The summed E-state index contributed by atoms with van der Waals surface area (Å²) in [6.45, 7) is 0.336. The lowest BCUT2D eigenvalue weighted by molar-refractivity contribution is -0.176. The Labute approximate surface area is 158 Å². The molecule has 0 unspecified atom stereocenters. The van der Waals surface area contributed by atoms with E-state index < -0.39 is 12.8 Å². The van der Waals surface area contributed by atoms with E-state index >= 15 is 0 Å². The average Bonchev–Trinajstić information content (AvgIpc) is 3.17. The molecule has 0 atom stereocenters. The van der Waals surface area contributed by atoms with Crippen LogP contribution in [0.3, 0.4) is 0 Å². The summed E-state index contributed by atoms with van der Waals surface area (Å²) in [5.74, 6) is 0.0423. The van der Waals surface area contributed by atoms with Crippen LogP contribution in [0.4, 0.5) is 18.9 Å². The first-order chi connectivity index (χ1) is 13.3. The van der Waals surface area contributed by atoms with E-state index in [1.807, 2.05) is 13.0 Å². The molecule has 2 aromatic carbocycles. The summed E-state index contributed by atoms with van der Waals surface area (Å²) >= 11 is 0. The van der Waals surface area contributed by atoms with E-state index in [1.54, 1.807) is 24.3 Å². The number of hydrogen-bond acceptors (Lipinski definition) is 5. The number of hydrogen-bond donors (Lipinski definition) is 1. The van der Waals surface area contributed by atoms with Crippen molar-refractivity contribution in [3.63, 3.8) is 0 Å². The minimum atomic E-state index is -4.36. The van der Waals surface area contributed by atoms with E-state index in [4.69, 9.17) is 4.42 Å². The van der Waals surface area contributed by atoms with Crippen LogP contribution in [0.15, 0.2) is 53.3 Å². The smallest absolute Gasteiger partial charge is 0.411 e. The Kier molecular flexibility index (Phi) is 5.74. The molecule has 0 saturated carbocycles. The number of ether oxygens (including phenoxy) is 1. The maximum atomic E-state index is 12.4. The van der Waals surface area contributed by atoms with Crippen molar-refractivity contribution in [3.05, 3.63) is 65.5 Å². The van der Waals surface area contributed by atoms with Gasteiger partial charge in [-0.1, -0.05) is 12.1 Å². The van der Waals surface area contributed by atoms with Crippen molar-refractivity contribution >= 4 is 11.6 Å². The van der Waals surface area contributed by atoms with Gasteiger partial charge in [0.2, 0.25) is 12.3 Å². The molecule has 28 heavy (non-hydrogen) atoms. The largest absolute Gasteiger partial charge is 0.423 e. The highest BCUT2D eigenvalue weighted by Crippen LogP contribution is 2.24. The fourth-order valence-corrected chi connectivity index (χ4v) is 2.47. The topological polar surface area (TPSA) is 77.3 Å². The number of benzene rings is 2. The van der Waals surface area contributed by atoms with Crippen LogP contribution < -0.4 is 5.32 Å².